The molecule has 1 saturated carbocycles. The molecule has 1 aliphatic carbocycles. The SMILES string of the molecule is CCNC(=NCC1(c2ccc(OC)cc2)CCCCC1)N1CCC(CC(=O)NC)CC1.I. The van der Waals surface area contributed by atoms with E-state index in [4.69, 9.17) is 9.73 Å². The Labute approximate surface area is 211 Å². The molecule has 0 atom stereocenters. The highest BCUT2D eigenvalue weighted by atomic mass is 127. The number of nitrogens with one attached hydrogen (secondary N) is 2. The fraction of sp³-hybridized carbons (Fsp3) is 0.680. The molecule has 1 heterocycles. The summed E-state index contributed by atoms with van der Waals surface area (Å²) in [5, 5.41) is 6.28. The van der Waals surface area contributed by atoms with Crippen molar-refractivity contribution in [1.82, 2.24) is 15.5 Å². The van der Waals surface area contributed by atoms with Crippen molar-refractivity contribution in [3.63, 3.8) is 0 Å². The minimum Gasteiger partial charge on any atom is -0.497 e. The lowest BCUT2D eigenvalue weighted by atomic mass is 9.69. The number of halogens is 1. The molecule has 1 aliphatic heterocycles. The van der Waals surface area contributed by atoms with Gasteiger partial charge in [0, 0.05) is 38.5 Å². The molecular formula is C25H41IN4O2. The molecule has 6 nitrogen and oxygen atoms in total. The summed E-state index contributed by atoms with van der Waals surface area (Å²) in [7, 11) is 3.44. The number of nitrogens with zero attached hydrogens (tertiary/aromatic N) is 2. The number of methoxy groups -OCH3 is 1. The maximum atomic E-state index is 11.7. The second-order valence-corrected chi connectivity index (χ2v) is 9.05. The Morgan fingerprint density at radius 1 is 1.16 bits per heavy atom. The highest BCUT2D eigenvalue weighted by Crippen LogP contribution is 2.40. The summed E-state index contributed by atoms with van der Waals surface area (Å²) < 4.78 is 5.37. The molecule has 1 aromatic rings. The van der Waals surface area contributed by atoms with Crippen molar-refractivity contribution >= 4 is 35.8 Å². The molecule has 0 bridgehead atoms. The number of likely N-dealkylation sites (tertiary alicyclic amines) is 1. The van der Waals surface area contributed by atoms with Crippen LogP contribution in [-0.4, -0.2) is 57.1 Å². The molecule has 180 valence electrons. The summed E-state index contributed by atoms with van der Waals surface area (Å²) in [6.45, 7) is 5.74. The van der Waals surface area contributed by atoms with Gasteiger partial charge in [0.15, 0.2) is 5.96 Å². The molecule has 0 radical (unpaired) electrons. The van der Waals surface area contributed by atoms with Crippen LogP contribution in [0.2, 0.25) is 0 Å². The molecule has 2 fully saturated rings. The molecule has 0 unspecified atom stereocenters. The van der Waals surface area contributed by atoms with Crippen LogP contribution in [0.4, 0.5) is 0 Å². The van der Waals surface area contributed by atoms with E-state index in [1.54, 1.807) is 14.2 Å². The summed E-state index contributed by atoms with van der Waals surface area (Å²) in [5.41, 5.74) is 1.50. The number of piperidine rings is 1. The van der Waals surface area contributed by atoms with Crippen LogP contribution in [0.1, 0.15) is 63.9 Å². The number of ether oxygens (including phenoxy) is 1. The number of hydrogen-bond donors (Lipinski definition) is 2. The Morgan fingerprint density at radius 3 is 2.38 bits per heavy atom. The largest absolute Gasteiger partial charge is 0.497 e. The third kappa shape index (κ3) is 6.99. The van der Waals surface area contributed by atoms with E-state index in [0.717, 1.165) is 50.7 Å². The Bertz CT molecular complexity index is 724. The zero-order chi connectivity index (χ0) is 22.1. The lowest BCUT2D eigenvalue weighted by molar-refractivity contribution is -0.121. The molecule has 3 rings (SSSR count). The van der Waals surface area contributed by atoms with E-state index in [9.17, 15) is 4.79 Å². The Morgan fingerprint density at radius 2 is 1.81 bits per heavy atom. The van der Waals surface area contributed by atoms with Crippen LogP contribution < -0.4 is 15.4 Å². The Balaban J connectivity index is 0.00000363. The first kappa shape index (κ1) is 26.7. The molecule has 0 spiro atoms. The Kier molecular flexibility index (Phi) is 11.1. The summed E-state index contributed by atoms with van der Waals surface area (Å²) >= 11 is 0. The maximum Gasteiger partial charge on any atom is 0.220 e. The quantitative estimate of drug-likeness (QED) is 0.298. The number of guanidine groups is 1. The first-order valence-corrected chi connectivity index (χ1v) is 12.0. The first-order chi connectivity index (χ1) is 15.1. The molecule has 1 aromatic carbocycles. The lowest BCUT2D eigenvalue weighted by Crippen LogP contribution is -2.47. The topological polar surface area (TPSA) is 66.0 Å². The van der Waals surface area contributed by atoms with Crippen molar-refractivity contribution in [2.45, 2.75) is 63.7 Å². The van der Waals surface area contributed by atoms with Crippen LogP contribution in [0, 0.1) is 5.92 Å². The minimum absolute atomic E-state index is 0. The van der Waals surface area contributed by atoms with Gasteiger partial charge in [-0.3, -0.25) is 9.79 Å². The van der Waals surface area contributed by atoms with Gasteiger partial charge in [0.2, 0.25) is 5.91 Å². The summed E-state index contributed by atoms with van der Waals surface area (Å²) in [5.74, 6) is 2.56. The van der Waals surface area contributed by atoms with Gasteiger partial charge in [-0.1, -0.05) is 31.4 Å². The third-order valence-electron chi connectivity index (χ3n) is 7.05. The van der Waals surface area contributed by atoms with E-state index in [1.165, 1.54) is 37.7 Å². The number of carbonyl (C=O) groups is 1. The van der Waals surface area contributed by atoms with Crippen molar-refractivity contribution in [2.75, 3.05) is 40.3 Å². The lowest BCUT2D eigenvalue weighted by Gasteiger charge is -2.38. The fourth-order valence-electron chi connectivity index (χ4n) is 5.08. The van der Waals surface area contributed by atoms with Gasteiger partial charge in [0.05, 0.1) is 13.7 Å². The molecular weight excluding hydrogens is 515 g/mol. The molecule has 0 aromatic heterocycles. The smallest absolute Gasteiger partial charge is 0.220 e. The fourth-order valence-corrected chi connectivity index (χ4v) is 5.08. The van der Waals surface area contributed by atoms with Crippen molar-refractivity contribution in [1.29, 1.82) is 0 Å². The zero-order valence-electron chi connectivity index (χ0n) is 20.0. The van der Waals surface area contributed by atoms with E-state index < -0.39 is 0 Å². The van der Waals surface area contributed by atoms with Crippen LogP contribution in [0.25, 0.3) is 0 Å². The number of aliphatic imine (C=N–C) groups is 1. The van der Waals surface area contributed by atoms with Crippen molar-refractivity contribution in [3.05, 3.63) is 29.8 Å². The Hall–Kier alpha value is -1.51. The van der Waals surface area contributed by atoms with Gasteiger partial charge in [-0.2, -0.15) is 0 Å². The van der Waals surface area contributed by atoms with Gasteiger partial charge >= 0.3 is 0 Å². The molecule has 2 aliphatic rings. The van der Waals surface area contributed by atoms with E-state index in [1.807, 2.05) is 0 Å². The van der Waals surface area contributed by atoms with Crippen LogP contribution >= 0.6 is 24.0 Å². The van der Waals surface area contributed by atoms with E-state index in [0.29, 0.717) is 12.3 Å². The third-order valence-corrected chi connectivity index (χ3v) is 7.05. The first-order valence-electron chi connectivity index (χ1n) is 12.0. The normalized spacial score (nSPS) is 19.1. The summed E-state index contributed by atoms with van der Waals surface area (Å²) in [4.78, 5) is 19.3. The summed E-state index contributed by atoms with van der Waals surface area (Å²) in [6.07, 6.45) is 8.96. The average molecular weight is 557 g/mol. The number of rotatable bonds is 7. The predicted molar refractivity (Wildman–Crippen MR) is 142 cm³/mol. The standard InChI is InChI=1S/C25H40N4O2.HI/c1-4-27-24(29-16-12-20(13-17-29)18-23(30)26-2)28-19-25(14-6-5-7-15-25)21-8-10-22(31-3)11-9-21;/h8-11,20H,4-7,12-19H2,1-3H3,(H,26,30)(H,27,28);1H. The molecule has 1 saturated heterocycles. The molecule has 2 N–H and O–H groups in total. The second-order valence-electron chi connectivity index (χ2n) is 9.05. The van der Waals surface area contributed by atoms with E-state index in [-0.39, 0.29) is 35.3 Å². The monoisotopic (exact) mass is 556 g/mol. The zero-order valence-corrected chi connectivity index (χ0v) is 22.3. The highest BCUT2D eigenvalue weighted by Gasteiger charge is 2.34. The maximum absolute atomic E-state index is 11.7. The molecule has 32 heavy (non-hydrogen) atoms. The highest BCUT2D eigenvalue weighted by molar-refractivity contribution is 14.0. The van der Waals surface area contributed by atoms with Gasteiger partial charge in [-0.25, -0.2) is 0 Å². The number of benzene rings is 1. The van der Waals surface area contributed by atoms with Gasteiger partial charge in [-0.05, 0) is 56.2 Å². The number of hydrogen-bond acceptors (Lipinski definition) is 3. The van der Waals surface area contributed by atoms with Gasteiger partial charge in [0.1, 0.15) is 5.75 Å². The summed E-state index contributed by atoms with van der Waals surface area (Å²) in [6, 6.07) is 8.63. The minimum atomic E-state index is 0. The second kappa shape index (κ2) is 13.3. The van der Waals surface area contributed by atoms with Gasteiger partial charge < -0.3 is 20.3 Å². The van der Waals surface area contributed by atoms with E-state index in [2.05, 4.69) is 46.7 Å². The molecule has 7 heteroatoms. The predicted octanol–water partition coefficient (Wildman–Crippen LogP) is 4.33. The number of carbonyl (C=O) groups excluding carboxylic acids is 1. The number of amides is 1. The van der Waals surface area contributed by atoms with Gasteiger partial charge in [0.25, 0.3) is 0 Å². The van der Waals surface area contributed by atoms with Crippen molar-refractivity contribution in [2.24, 2.45) is 10.9 Å². The van der Waals surface area contributed by atoms with Crippen LogP contribution in [-0.2, 0) is 10.2 Å². The van der Waals surface area contributed by atoms with Crippen LogP contribution in [0.5, 0.6) is 5.75 Å². The average Bonchev–Trinajstić information content (AvgIpc) is 2.83. The van der Waals surface area contributed by atoms with Crippen molar-refractivity contribution < 1.29 is 9.53 Å². The van der Waals surface area contributed by atoms with Gasteiger partial charge in [-0.15, -0.1) is 24.0 Å². The molecule has 1 amide bonds. The van der Waals surface area contributed by atoms with Crippen LogP contribution in [0.15, 0.2) is 29.3 Å². The van der Waals surface area contributed by atoms with Crippen LogP contribution in [0.3, 0.4) is 0 Å². The van der Waals surface area contributed by atoms with E-state index >= 15 is 0 Å². The van der Waals surface area contributed by atoms with Crippen molar-refractivity contribution in [3.8, 4) is 5.75 Å².